The Bertz CT molecular complexity index is 847. The zero-order chi connectivity index (χ0) is 13.4. The average molecular weight is 262 g/mol. The molecule has 0 spiro atoms. The van der Waals surface area contributed by atoms with Crippen molar-refractivity contribution in [3.05, 3.63) is 61.3 Å². The molecule has 0 amide bonds. The van der Waals surface area contributed by atoms with Crippen LogP contribution in [-0.4, -0.2) is 20.2 Å². The Kier molecular flexibility index (Phi) is 2.35. The van der Waals surface area contributed by atoms with Crippen LogP contribution in [0.2, 0.25) is 0 Å². The van der Waals surface area contributed by atoms with E-state index >= 15 is 0 Å². The van der Waals surface area contributed by atoms with E-state index in [4.69, 9.17) is 0 Å². The SMILES string of the molecule is c1ccc(-c2c[nH]c3cnc(-c4cn[nH]c4)c[n+]23)cc1. The molecule has 0 unspecified atom stereocenters. The number of benzene rings is 1. The van der Waals surface area contributed by atoms with E-state index < -0.39 is 0 Å². The number of hydrogen-bond acceptors (Lipinski definition) is 2. The van der Waals surface area contributed by atoms with Gasteiger partial charge < -0.3 is 0 Å². The number of aromatic amines is 2. The molecule has 0 fully saturated rings. The number of imidazole rings is 1. The third-order valence-corrected chi connectivity index (χ3v) is 3.32. The van der Waals surface area contributed by atoms with Gasteiger partial charge in [-0.1, -0.05) is 30.3 Å². The second kappa shape index (κ2) is 4.31. The van der Waals surface area contributed by atoms with E-state index in [2.05, 4.69) is 36.7 Å². The van der Waals surface area contributed by atoms with Gasteiger partial charge in [0.15, 0.2) is 5.69 Å². The molecule has 0 aliphatic carbocycles. The summed E-state index contributed by atoms with van der Waals surface area (Å²) in [5.41, 5.74) is 5.07. The van der Waals surface area contributed by atoms with Gasteiger partial charge in [0.25, 0.3) is 0 Å². The Hall–Kier alpha value is -2.95. The summed E-state index contributed by atoms with van der Waals surface area (Å²) in [6.45, 7) is 0. The fourth-order valence-corrected chi connectivity index (χ4v) is 2.31. The van der Waals surface area contributed by atoms with Gasteiger partial charge in [-0.25, -0.2) is 9.97 Å². The number of nitrogens with zero attached hydrogens (tertiary/aromatic N) is 3. The van der Waals surface area contributed by atoms with Crippen molar-refractivity contribution in [3.8, 4) is 22.5 Å². The van der Waals surface area contributed by atoms with Crippen LogP contribution >= 0.6 is 0 Å². The lowest BCUT2D eigenvalue weighted by molar-refractivity contribution is -0.497. The highest BCUT2D eigenvalue weighted by Crippen LogP contribution is 2.17. The first-order valence-electron chi connectivity index (χ1n) is 6.35. The first-order valence-corrected chi connectivity index (χ1v) is 6.35. The minimum absolute atomic E-state index is 0.882. The highest BCUT2D eigenvalue weighted by Gasteiger charge is 2.14. The fraction of sp³-hybridized carbons (Fsp3) is 0. The van der Waals surface area contributed by atoms with Gasteiger partial charge in [-0.15, -0.1) is 0 Å². The Morgan fingerprint density at radius 1 is 0.950 bits per heavy atom. The van der Waals surface area contributed by atoms with Crippen molar-refractivity contribution in [1.29, 1.82) is 0 Å². The van der Waals surface area contributed by atoms with Gasteiger partial charge in [-0.2, -0.15) is 9.50 Å². The Labute approximate surface area is 115 Å². The molecule has 1 aromatic carbocycles. The molecule has 3 aromatic heterocycles. The molecule has 0 aliphatic heterocycles. The lowest BCUT2D eigenvalue weighted by Gasteiger charge is -1.97. The lowest BCUT2D eigenvalue weighted by Crippen LogP contribution is -2.22. The zero-order valence-corrected chi connectivity index (χ0v) is 10.6. The van der Waals surface area contributed by atoms with Crippen molar-refractivity contribution in [1.82, 2.24) is 20.2 Å². The third kappa shape index (κ3) is 1.68. The highest BCUT2D eigenvalue weighted by molar-refractivity contribution is 5.59. The predicted octanol–water partition coefficient (Wildman–Crippen LogP) is 2.21. The van der Waals surface area contributed by atoms with Gasteiger partial charge in [0.05, 0.1) is 6.20 Å². The Morgan fingerprint density at radius 2 is 1.85 bits per heavy atom. The van der Waals surface area contributed by atoms with Crippen molar-refractivity contribution in [3.63, 3.8) is 0 Å². The molecule has 0 saturated heterocycles. The summed E-state index contributed by atoms with van der Waals surface area (Å²) < 4.78 is 2.10. The quantitative estimate of drug-likeness (QED) is 0.544. The van der Waals surface area contributed by atoms with Gasteiger partial charge in [-0.3, -0.25) is 5.10 Å². The van der Waals surface area contributed by atoms with Gasteiger partial charge in [0, 0.05) is 17.3 Å². The first kappa shape index (κ1) is 10.9. The minimum Gasteiger partial charge on any atom is -0.285 e. The van der Waals surface area contributed by atoms with E-state index in [0.717, 1.165) is 28.2 Å². The zero-order valence-electron chi connectivity index (χ0n) is 10.6. The van der Waals surface area contributed by atoms with Crippen LogP contribution < -0.4 is 4.40 Å². The molecular formula is C15H12N5+. The van der Waals surface area contributed by atoms with Crippen LogP contribution in [0.5, 0.6) is 0 Å². The van der Waals surface area contributed by atoms with E-state index in [1.165, 1.54) is 0 Å². The number of aromatic nitrogens is 5. The van der Waals surface area contributed by atoms with Crippen molar-refractivity contribution in [2.24, 2.45) is 0 Å². The standard InChI is InChI=1S/C15H11N5/c1-2-4-11(5-3-1)14-8-17-15-9-16-13(10-20(14)15)12-6-18-19-7-12/h1-10H,(H,18,19)/p+1. The van der Waals surface area contributed by atoms with E-state index in [1.54, 1.807) is 6.20 Å². The summed E-state index contributed by atoms with van der Waals surface area (Å²) in [5.74, 6) is 0. The maximum absolute atomic E-state index is 4.44. The fourth-order valence-electron chi connectivity index (χ4n) is 2.31. The molecule has 0 radical (unpaired) electrons. The Balaban J connectivity index is 1.93. The van der Waals surface area contributed by atoms with Crippen LogP contribution in [0.15, 0.2) is 61.3 Å². The molecule has 5 heteroatoms. The lowest BCUT2D eigenvalue weighted by atomic mass is 10.2. The monoisotopic (exact) mass is 262 g/mol. The highest BCUT2D eigenvalue weighted by atomic mass is 15.1. The molecule has 5 nitrogen and oxygen atoms in total. The predicted molar refractivity (Wildman–Crippen MR) is 74.8 cm³/mol. The van der Waals surface area contributed by atoms with E-state index in [-0.39, 0.29) is 0 Å². The van der Waals surface area contributed by atoms with Crippen LogP contribution in [0.3, 0.4) is 0 Å². The number of rotatable bonds is 2. The van der Waals surface area contributed by atoms with Crippen LogP contribution in [0.1, 0.15) is 0 Å². The van der Waals surface area contributed by atoms with Crippen LogP contribution in [0.25, 0.3) is 28.2 Å². The molecule has 0 bridgehead atoms. The van der Waals surface area contributed by atoms with Crippen LogP contribution in [0, 0.1) is 0 Å². The van der Waals surface area contributed by atoms with Gasteiger partial charge in [-0.05, 0) is 0 Å². The molecule has 4 rings (SSSR count). The normalized spacial score (nSPS) is 11.0. The summed E-state index contributed by atoms with van der Waals surface area (Å²) in [7, 11) is 0. The van der Waals surface area contributed by atoms with E-state index in [0.29, 0.717) is 0 Å². The molecular weight excluding hydrogens is 250 g/mol. The van der Waals surface area contributed by atoms with E-state index in [9.17, 15) is 0 Å². The molecule has 0 saturated carbocycles. The van der Waals surface area contributed by atoms with Gasteiger partial charge >= 0.3 is 5.65 Å². The average Bonchev–Trinajstić information content (AvgIpc) is 3.17. The summed E-state index contributed by atoms with van der Waals surface area (Å²) in [4.78, 5) is 7.68. The molecule has 2 N–H and O–H groups in total. The smallest absolute Gasteiger partial charge is 0.285 e. The molecule has 0 atom stereocenters. The molecule has 3 heterocycles. The number of fused-ring (bicyclic) bond motifs is 1. The van der Waals surface area contributed by atoms with Crippen LogP contribution in [0.4, 0.5) is 0 Å². The van der Waals surface area contributed by atoms with Crippen molar-refractivity contribution >= 4 is 5.65 Å². The largest absolute Gasteiger partial charge is 0.303 e. The van der Waals surface area contributed by atoms with Crippen molar-refractivity contribution in [2.45, 2.75) is 0 Å². The Morgan fingerprint density at radius 3 is 2.65 bits per heavy atom. The summed E-state index contributed by atoms with van der Waals surface area (Å²) >= 11 is 0. The maximum atomic E-state index is 4.44. The second-order valence-electron chi connectivity index (χ2n) is 4.55. The topological polar surface area (TPSA) is 61.5 Å². The van der Waals surface area contributed by atoms with Crippen LogP contribution in [-0.2, 0) is 0 Å². The summed E-state index contributed by atoms with van der Waals surface area (Å²) in [5, 5.41) is 6.77. The first-order chi connectivity index (χ1) is 9.92. The molecule has 4 aromatic rings. The maximum Gasteiger partial charge on any atom is 0.303 e. The molecule has 96 valence electrons. The molecule has 0 aliphatic rings. The summed E-state index contributed by atoms with van der Waals surface area (Å²) in [6.07, 6.45) is 9.44. The number of H-pyrrole nitrogens is 2. The van der Waals surface area contributed by atoms with Gasteiger partial charge in [0.2, 0.25) is 0 Å². The number of nitrogens with one attached hydrogen (secondary N) is 2. The van der Waals surface area contributed by atoms with Crippen molar-refractivity contribution < 1.29 is 4.40 Å². The second-order valence-corrected chi connectivity index (χ2v) is 4.55. The summed E-state index contributed by atoms with van der Waals surface area (Å²) in [6, 6.07) is 10.3. The number of hydrogen-bond donors (Lipinski definition) is 2. The third-order valence-electron chi connectivity index (χ3n) is 3.32. The van der Waals surface area contributed by atoms with Gasteiger partial charge in [0.1, 0.15) is 24.3 Å². The minimum atomic E-state index is 0.882. The van der Waals surface area contributed by atoms with E-state index in [1.807, 2.05) is 43.0 Å². The van der Waals surface area contributed by atoms with Crippen molar-refractivity contribution in [2.75, 3.05) is 0 Å². The molecule has 20 heavy (non-hydrogen) atoms.